The van der Waals surface area contributed by atoms with E-state index in [-0.39, 0.29) is 0 Å². The van der Waals surface area contributed by atoms with Crippen molar-refractivity contribution in [2.75, 3.05) is 26.2 Å². The van der Waals surface area contributed by atoms with Crippen LogP contribution < -0.4 is 5.73 Å². The van der Waals surface area contributed by atoms with Gasteiger partial charge in [0.25, 0.3) is 0 Å². The van der Waals surface area contributed by atoms with Crippen LogP contribution in [0.2, 0.25) is 0 Å². The molecule has 0 atom stereocenters. The minimum absolute atomic E-state index is 0.853. The lowest BCUT2D eigenvalue weighted by Gasteiger charge is -2.22. The van der Waals surface area contributed by atoms with E-state index < -0.39 is 0 Å². The summed E-state index contributed by atoms with van der Waals surface area (Å²) in [4.78, 5) is 2.77. The molecule has 0 unspecified atom stereocenters. The van der Waals surface area contributed by atoms with Crippen LogP contribution in [0.1, 0.15) is 232 Å². The highest BCUT2D eigenvalue weighted by Crippen LogP contribution is 2.16. The van der Waals surface area contributed by atoms with Crippen molar-refractivity contribution in [3.63, 3.8) is 0 Å². The smallest absolute Gasteiger partial charge is 0.00183 e. The molecule has 0 aromatic heterocycles. The summed E-state index contributed by atoms with van der Waals surface area (Å²) in [5, 5.41) is 0. The molecule has 254 valence electrons. The summed E-state index contributed by atoms with van der Waals surface area (Å²) < 4.78 is 0. The number of hydrogen-bond acceptors (Lipinski definition) is 2. The van der Waals surface area contributed by atoms with Crippen LogP contribution in [0.3, 0.4) is 0 Å². The van der Waals surface area contributed by atoms with Gasteiger partial charge in [-0.15, -0.1) is 0 Å². The number of nitrogens with zero attached hydrogens (tertiary/aromatic N) is 1. The Hall–Kier alpha value is -0.0800. The first-order chi connectivity index (χ1) is 20.8. The highest BCUT2D eigenvalue weighted by Gasteiger charge is 2.05. The Labute approximate surface area is 268 Å². The van der Waals surface area contributed by atoms with Crippen LogP contribution in [0.4, 0.5) is 0 Å². The summed E-state index contributed by atoms with van der Waals surface area (Å²) in [7, 11) is 0. The largest absolute Gasteiger partial charge is 0.330 e. The summed E-state index contributed by atoms with van der Waals surface area (Å²) in [5.74, 6) is 0. The minimum atomic E-state index is 0.853. The highest BCUT2D eigenvalue weighted by molar-refractivity contribution is 4.61. The molecular weight excluding hydrogens is 508 g/mol. The third kappa shape index (κ3) is 36.1. The number of hydrogen-bond donors (Lipinski definition) is 1. The Kier molecular flexibility index (Phi) is 38.9. The van der Waals surface area contributed by atoms with Crippen molar-refractivity contribution >= 4 is 0 Å². The molecule has 0 heterocycles. The van der Waals surface area contributed by atoms with Crippen LogP contribution in [0.5, 0.6) is 0 Å². The van der Waals surface area contributed by atoms with E-state index in [9.17, 15) is 0 Å². The molecule has 0 bridgehead atoms. The Morgan fingerprint density at radius 1 is 0.262 bits per heavy atom. The van der Waals surface area contributed by atoms with Crippen molar-refractivity contribution in [3.05, 3.63) is 0 Å². The molecular formula is C40H84N2. The standard InChI is InChI=1S/C40H84N2/c1-3-5-7-9-11-13-15-17-19-21-23-25-27-29-31-34-38-42(40-36-33-37-41)39-35-32-30-28-26-24-22-20-18-16-14-12-10-8-6-4-2/h3-41H2,1-2H3. The van der Waals surface area contributed by atoms with Crippen molar-refractivity contribution in [1.29, 1.82) is 0 Å². The molecule has 0 aromatic rings. The maximum absolute atomic E-state index is 5.78. The molecule has 2 heteroatoms. The summed E-state index contributed by atoms with van der Waals surface area (Å²) in [6.07, 6.45) is 49.1. The average Bonchev–Trinajstić information content (AvgIpc) is 3.00. The van der Waals surface area contributed by atoms with Gasteiger partial charge in [0.05, 0.1) is 0 Å². The van der Waals surface area contributed by atoms with Crippen molar-refractivity contribution < 1.29 is 0 Å². The van der Waals surface area contributed by atoms with Gasteiger partial charge in [-0.2, -0.15) is 0 Å². The molecule has 0 radical (unpaired) electrons. The Balaban J connectivity index is 3.52. The summed E-state index contributed by atoms with van der Waals surface area (Å²) >= 11 is 0. The fraction of sp³-hybridized carbons (Fsp3) is 1.00. The molecule has 0 rings (SSSR count). The van der Waals surface area contributed by atoms with Crippen molar-refractivity contribution in [1.82, 2.24) is 4.90 Å². The summed E-state index contributed by atoms with van der Waals surface area (Å²) in [6, 6.07) is 0. The van der Waals surface area contributed by atoms with Gasteiger partial charge >= 0.3 is 0 Å². The fourth-order valence-electron chi connectivity index (χ4n) is 6.58. The molecule has 0 aliphatic carbocycles. The first kappa shape index (κ1) is 41.9. The first-order valence-corrected chi connectivity index (χ1v) is 20.3. The zero-order valence-corrected chi connectivity index (χ0v) is 29.9. The first-order valence-electron chi connectivity index (χ1n) is 20.3. The zero-order valence-electron chi connectivity index (χ0n) is 29.9. The van der Waals surface area contributed by atoms with Crippen molar-refractivity contribution in [2.24, 2.45) is 5.73 Å². The molecule has 2 nitrogen and oxygen atoms in total. The second kappa shape index (κ2) is 38.9. The van der Waals surface area contributed by atoms with Crippen molar-refractivity contribution in [2.45, 2.75) is 232 Å². The van der Waals surface area contributed by atoms with Crippen LogP contribution >= 0.6 is 0 Å². The van der Waals surface area contributed by atoms with Gasteiger partial charge in [-0.05, 0) is 51.9 Å². The third-order valence-electron chi connectivity index (χ3n) is 9.58. The third-order valence-corrected chi connectivity index (χ3v) is 9.58. The Morgan fingerprint density at radius 2 is 0.452 bits per heavy atom. The number of unbranched alkanes of at least 4 members (excludes halogenated alkanes) is 31. The summed E-state index contributed by atoms with van der Waals surface area (Å²) in [5.41, 5.74) is 5.78. The molecule has 0 spiro atoms. The number of nitrogens with two attached hydrogens (primary N) is 1. The van der Waals surface area contributed by atoms with Gasteiger partial charge in [0.2, 0.25) is 0 Å². The Morgan fingerprint density at radius 3 is 0.667 bits per heavy atom. The molecule has 0 saturated carbocycles. The van der Waals surface area contributed by atoms with Crippen LogP contribution in [-0.4, -0.2) is 31.1 Å². The van der Waals surface area contributed by atoms with Gasteiger partial charge in [0.1, 0.15) is 0 Å². The van der Waals surface area contributed by atoms with E-state index >= 15 is 0 Å². The topological polar surface area (TPSA) is 29.3 Å². The molecule has 2 N–H and O–H groups in total. The Bertz CT molecular complexity index is 415. The van der Waals surface area contributed by atoms with E-state index in [4.69, 9.17) is 5.73 Å². The molecule has 0 aliphatic heterocycles. The number of rotatable bonds is 38. The fourth-order valence-corrected chi connectivity index (χ4v) is 6.58. The predicted molar refractivity (Wildman–Crippen MR) is 194 cm³/mol. The average molecular weight is 593 g/mol. The lowest BCUT2D eigenvalue weighted by Crippen LogP contribution is -2.27. The minimum Gasteiger partial charge on any atom is -0.330 e. The van der Waals surface area contributed by atoms with E-state index in [0.29, 0.717) is 0 Å². The van der Waals surface area contributed by atoms with E-state index in [1.807, 2.05) is 0 Å². The summed E-state index contributed by atoms with van der Waals surface area (Å²) in [6.45, 7) is 9.38. The van der Waals surface area contributed by atoms with E-state index in [0.717, 1.165) is 6.54 Å². The van der Waals surface area contributed by atoms with Gasteiger partial charge in [0.15, 0.2) is 0 Å². The zero-order chi connectivity index (χ0) is 30.4. The molecule has 0 aromatic carbocycles. The SMILES string of the molecule is CCCCCCCCCCCCCCCCCCN(CCCCN)CCCCCCCCCCCCCCCCCC. The monoisotopic (exact) mass is 593 g/mol. The van der Waals surface area contributed by atoms with Gasteiger partial charge < -0.3 is 10.6 Å². The van der Waals surface area contributed by atoms with Crippen LogP contribution in [-0.2, 0) is 0 Å². The maximum Gasteiger partial charge on any atom is -0.00183 e. The molecule has 0 aliphatic rings. The maximum atomic E-state index is 5.78. The van der Waals surface area contributed by atoms with Crippen molar-refractivity contribution in [3.8, 4) is 0 Å². The van der Waals surface area contributed by atoms with E-state index in [2.05, 4.69) is 18.7 Å². The van der Waals surface area contributed by atoms with Gasteiger partial charge in [-0.3, -0.25) is 0 Å². The highest BCUT2D eigenvalue weighted by atomic mass is 15.1. The normalized spacial score (nSPS) is 11.7. The predicted octanol–water partition coefficient (Wildman–Crippen LogP) is 13.6. The van der Waals surface area contributed by atoms with Crippen LogP contribution in [0, 0.1) is 0 Å². The van der Waals surface area contributed by atoms with Crippen LogP contribution in [0.25, 0.3) is 0 Å². The molecule has 42 heavy (non-hydrogen) atoms. The lowest BCUT2D eigenvalue weighted by atomic mass is 10.0. The van der Waals surface area contributed by atoms with Gasteiger partial charge in [-0.1, -0.05) is 206 Å². The van der Waals surface area contributed by atoms with Gasteiger partial charge in [0, 0.05) is 0 Å². The lowest BCUT2D eigenvalue weighted by molar-refractivity contribution is 0.255. The molecule has 0 fully saturated rings. The van der Waals surface area contributed by atoms with Crippen LogP contribution in [0.15, 0.2) is 0 Å². The second-order valence-electron chi connectivity index (χ2n) is 13.9. The quantitative estimate of drug-likeness (QED) is 0.0722. The molecule has 0 saturated heterocycles. The second-order valence-corrected chi connectivity index (χ2v) is 13.9. The van der Waals surface area contributed by atoms with E-state index in [1.165, 1.54) is 238 Å². The molecule has 0 amide bonds. The van der Waals surface area contributed by atoms with E-state index in [1.54, 1.807) is 0 Å². The van der Waals surface area contributed by atoms with Gasteiger partial charge in [-0.25, -0.2) is 0 Å².